The molecule has 0 amide bonds. The Morgan fingerprint density at radius 2 is 0.818 bits per heavy atom. The van der Waals surface area contributed by atoms with Gasteiger partial charge in [0.2, 0.25) is 0 Å². The molecule has 0 atom stereocenters. The third kappa shape index (κ3) is 5.53. The number of benzene rings is 6. The third-order valence-electron chi connectivity index (χ3n) is 12.2. The van der Waals surface area contributed by atoms with E-state index in [2.05, 4.69) is 161 Å². The summed E-state index contributed by atoms with van der Waals surface area (Å²) < 4.78 is 4.90. The van der Waals surface area contributed by atoms with Crippen molar-refractivity contribution in [2.45, 2.75) is 88.0 Å². The maximum atomic E-state index is 12.7. The number of fused-ring (bicyclic) bond motifs is 8. The van der Waals surface area contributed by atoms with Gasteiger partial charge in [0.1, 0.15) is 0 Å². The van der Waals surface area contributed by atoms with E-state index in [0.717, 1.165) is 46.6 Å². The lowest BCUT2D eigenvalue weighted by Gasteiger charge is -2.35. The molecule has 4 nitrogen and oxygen atoms in total. The fourth-order valence-corrected chi connectivity index (χ4v) is 10.1. The Labute approximate surface area is 326 Å². The molecule has 0 fully saturated rings. The minimum absolute atomic E-state index is 0.781. The average Bonchev–Trinajstić information content (AvgIpc) is 3.64. The Balaban J connectivity index is 1.27. The summed E-state index contributed by atoms with van der Waals surface area (Å²) in [4.78, 5) is 2.48. The number of hydrogen-bond donors (Lipinski definition) is 1. The lowest BCUT2D eigenvalue weighted by atomic mass is 9.52. The number of aromatic nitrogens is 2. The fourth-order valence-electron chi connectivity index (χ4n) is 10.1. The molecule has 0 aliphatic carbocycles. The molecule has 9 rings (SSSR count). The molecule has 1 N–H and O–H groups in total. The van der Waals surface area contributed by atoms with Gasteiger partial charge in [-0.3, -0.25) is 0 Å². The zero-order valence-electron chi connectivity index (χ0n) is 34.0. The van der Waals surface area contributed by atoms with Crippen molar-refractivity contribution in [3.63, 3.8) is 0 Å². The van der Waals surface area contributed by atoms with E-state index in [0.29, 0.717) is 0 Å². The maximum absolute atomic E-state index is 12.7. The molecule has 1 aliphatic heterocycles. The van der Waals surface area contributed by atoms with Crippen molar-refractivity contribution in [3.8, 4) is 11.4 Å². The lowest BCUT2D eigenvalue weighted by Crippen LogP contribution is -2.51. The number of hydrogen-bond acceptors (Lipinski definition) is 2. The first-order valence-electron chi connectivity index (χ1n) is 20.2. The molecule has 0 saturated carbocycles. The molecule has 2 aromatic heterocycles. The van der Waals surface area contributed by atoms with Crippen molar-refractivity contribution in [1.29, 1.82) is 0 Å². The summed E-state index contributed by atoms with van der Waals surface area (Å²) in [5.41, 5.74) is 21.4. The van der Waals surface area contributed by atoms with Crippen LogP contribution in [0.1, 0.15) is 77.1 Å². The summed E-state index contributed by atoms with van der Waals surface area (Å²) in [5.74, 6) is 0. The fraction of sp³-hybridized carbons (Fsp3) is 0.280. The van der Waals surface area contributed by atoms with Gasteiger partial charge in [0.25, 0.3) is 0 Å². The van der Waals surface area contributed by atoms with E-state index in [-0.39, 0.29) is 0 Å². The standard InChI is InChI=1S/C50H52BN3O/c1-10-11-12-13-18-52-45-16-14-37(53-47-33(6)19-29(2)23-39(47)40-24-30(3)20-34(7)48(40)53)27-43(45)51(55)44-28-38(15-17-46(44)52)54-49-35(8)21-31(4)25-41(49)42-26-32(5)22-36(9)50(42)54/h14-17,19-28,55H,10-13,18H2,1-9H3. The van der Waals surface area contributed by atoms with Crippen molar-refractivity contribution in [3.05, 3.63) is 129 Å². The van der Waals surface area contributed by atoms with Crippen molar-refractivity contribution in [2.75, 3.05) is 11.4 Å². The first kappa shape index (κ1) is 35.4. The van der Waals surface area contributed by atoms with E-state index in [1.54, 1.807) is 0 Å². The summed E-state index contributed by atoms with van der Waals surface area (Å²) in [5, 5.41) is 17.8. The van der Waals surface area contributed by atoms with E-state index in [1.807, 2.05) is 0 Å². The minimum atomic E-state index is -0.781. The van der Waals surface area contributed by atoms with Crippen molar-refractivity contribution in [1.82, 2.24) is 9.13 Å². The SMILES string of the molecule is CCCCCCN1c2ccc(-n3c4c(C)cc(C)cc4c4cc(C)cc(C)c43)cc2B(O)c2cc(-n3c4c(C)cc(C)cc4c4cc(C)cc(C)c43)ccc21. The second kappa shape index (κ2) is 13.2. The summed E-state index contributed by atoms with van der Waals surface area (Å²) in [6.45, 7) is 20.1. The topological polar surface area (TPSA) is 33.3 Å². The van der Waals surface area contributed by atoms with Crippen LogP contribution < -0.4 is 15.8 Å². The highest BCUT2D eigenvalue weighted by atomic mass is 16.2. The highest BCUT2D eigenvalue weighted by molar-refractivity contribution is 6.82. The van der Waals surface area contributed by atoms with E-state index in [9.17, 15) is 5.02 Å². The Morgan fingerprint density at radius 1 is 0.455 bits per heavy atom. The van der Waals surface area contributed by atoms with Crippen LogP contribution in [-0.4, -0.2) is 27.6 Å². The van der Waals surface area contributed by atoms with Gasteiger partial charge in [-0.2, -0.15) is 0 Å². The van der Waals surface area contributed by atoms with Crippen molar-refractivity contribution < 1.29 is 5.02 Å². The van der Waals surface area contributed by atoms with Crippen LogP contribution in [0.3, 0.4) is 0 Å². The van der Waals surface area contributed by atoms with Crippen molar-refractivity contribution in [2.24, 2.45) is 0 Å². The molecule has 3 heterocycles. The Morgan fingerprint density at radius 3 is 1.16 bits per heavy atom. The highest BCUT2D eigenvalue weighted by Crippen LogP contribution is 2.40. The zero-order chi connectivity index (χ0) is 38.4. The van der Waals surface area contributed by atoms with Crippen LogP contribution in [0.2, 0.25) is 0 Å². The van der Waals surface area contributed by atoms with Gasteiger partial charge in [-0.25, -0.2) is 0 Å². The van der Waals surface area contributed by atoms with Gasteiger partial charge in [-0.05, 0) is 156 Å². The van der Waals surface area contributed by atoms with Crippen LogP contribution in [0.5, 0.6) is 0 Å². The van der Waals surface area contributed by atoms with Gasteiger partial charge in [0, 0.05) is 50.8 Å². The summed E-state index contributed by atoms with van der Waals surface area (Å²) >= 11 is 0. The van der Waals surface area contributed by atoms with Crippen molar-refractivity contribution >= 4 is 72.8 Å². The Kier molecular flexibility index (Phi) is 8.51. The molecule has 0 unspecified atom stereocenters. The van der Waals surface area contributed by atoms with Gasteiger partial charge in [-0.15, -0.1) is 0 Å². The van der Waals surface area contributed by atoms with Crippen LogP contribution in [0, 0.1) is 55.4 Å². The second-order valence-corrected chi connectivity index (χ2v) is 16.7. The highest BCUT2D eigenvalue weighted by Gasteiger charge is 2.34. The molecular formula is C50H52BN3O. The number of aryl methyl sites for hydroxylation is 8. The van der Waals surface area contributed by atoms with Gasteiger partial charge in [0.15, 0.2) is 0 Å². The minimum Gasteiger partial charge on any atom is -0.443 e. The molecule has 55 heavy (non-hydrogen) atoms. The lowest BCUT2D eigenvalue weighted by molar-refractivity contribution is 0.598. The molecule has 0 spiro atoms. The third-order valence-corrected chi connectivity index (χ3v) is 12.2. The van der Waals surface area contributed by atoms with Crippen LogP contribution in [0.4, 0.5) is 11.4 Å². The molecule has 1 aliphatic rings. The van der Waals surface area contributed by atoms with Gasteiger partial charge < -0.3 is 19.1 Å². The van der Waals surface area contributed by atoms with E-state index in [1.165, 1.54) is 107 Å². The molecule has 0 bridgehead atoms. The summed E-state index contributed by atoms with van der Waals surface area (Å²) in [7, 11) is 0. The van der Waals surface area contributed by atoms with Gasteiger partial charge >= 0.3 is 6.92 Å². The predicted molar refractivity (Wildman–Crippen MR) is 238 cm³/mol. The zero-order valence-corrected chi connectivity index (χ0v) is 34.0. The van der Waals surface area contributed by atoms with Gasteiger partial charge in [0.05, 0.1) is 22.1 Å². The number of rotatable bonds is 7. The second-order valence-electron chi connectivity index (χ2n) is 16.7. The number of anilines is 2. The monoisotopic (exact) mass is 721 g/mol. The molecule has 0 radical (unpaired) electrons. The smallest absolute Gasteiger partial charge is 0.363 e. The first-order valence-corrected chi connectivity index (χ1v) is 20.2. The molecule has 8 aromatic rings. The molecule has 5 heteroatoms. The number of unbranched alkanes of at least 4 members (excludes halogenated alkanes) is 3. The maximum Gasteiger partial charge on any atom is 0.363 e. The Hall–Kier alpha value is -5.26. The quantitative estimate of drug-likeness (QED) is 0.131. The summed E-state index contributed by atoms with van der Waals surface area (Å²) in [6, 6.07) is 32.1. The predicted octanol–water partition coefficient (Wildman–Crippen LogP) is 11.5. The van der Waals surface area contributed by atoms with Crippen LogP contribution in [0.15, 0.2) is 84.9 Å². The average molecular weight is 722 g/mol. The van der Waals surface area contributed by atoms with Crippen LogP contribution >= 0.6 is 0 Å². The molecule has 276 valence electrons. The first-order chi connectivity index (χ1) is 26.4. The van der Waals surface area contributed by atoms with E-state index < -0.39 is 6.92 Å². The summed E-state index contributed by atoms with van der Waals surface area (Å²) in [6.07, 6.45) is 4.71. The van der Waals surface area contributed by atoms with E-state index in [4.69, 9.17) is 0 Å². The van der Waals surface area contributed by atoms with Gasteiger partial charge in [-0.1, -0.05) is 72.7 Å². The van der Waals surface area contributed by atoms with Crippen LogP contribution in [-0.2, 0) is 0 Å². The molecule has 0 saturated heterocycles. The number of nitrogens with zero attached hydrogens (tertiary/aromatic N) is 3. The normalized spacial score (nSPS) is 12.8. The molecular weight excluding hydrogens is 669 g/mol. The Bertz CT molecular complexity index is 2550. The molecule has 6 aromatic carbocycles. The largest absolute Gasteiger partial charge is 0.443 e. The van der Waals surface area contributed by atoms with Crippen LogP contribution in [0.25, 0.3) is 55.0 Å². The van der Waals surface area contributed by atoms with E-state index >= 15 is 0 Å².